The molecule has 3 rings (SSSR count). The van der Waals surface area contributed by atoms with Crippen molar-refractivity contribution in [3.05, 3.63) is 63.9 Å². The number of methoxy groups -OCH3 is 1. The van der Waals surface area contributed by atoms with Gasteiger partial charge in [-0.05, 0) is 26.0 Å². The van der Waals surface area contributed by atoms with Crippen LogP contribution in [0.25, 0.3) is 11.0 Å². The first-order valence-corrected chi connectivity index (χ1v) is 8.64. The van der Waals surface area contributed by atoms with Crippen molar-refractivity contribution in [2.75, 3.05) is 12.4 Å². The minimum atomic E-state index is -1.18. The molecule has 0 bridgehead atoms. The number of fused-ring (bicyclic) bond motifs is 1. The topological polar surface area (TPSA) is 121 Å². The quantitative estimate of drug-likeness (QED) is 0.380. The predicted octanol–water partition coefficient (Wildman–Crippen LogP) is 3.84. The number of nitro groups is 1. The highest BCUT2D eigenvalue weighted by atomic mass is 16.6. The lowest BCUT2D eigenvalue weighted by atomic mass is 10.1. The Bertz CT molecular complexity index is 1100. The third-order valence-corrected chi connectivity index (χ3v) is 4.33. The molecule has 0 aliphatic rings. The Morgan fingerprint density at radius 1 is 1.21 bits per heavy atom. The molecule has 1 aromatic heterocycles. The number of rotatable bonds is 6. The fourth-order valence-electron chi connectivity index (χ4n) is 2.78. The summed E-state index contributed by atoms with van der Waals surface area (Å²) in [5.41, 5.74) is 1.02. The van der Waals surface area contributed by atoms with Gasteiger partial charge < -0.3 is 19.2 Å². The number of hydrogen-bond donors (Lipinski definition) is 1. The molecule has 29 heavy (non-hydrogen) atoms. The lowest BCUT2D eigenvalue weighted by molar-refractivity contribution is -0.384. The molecule has 150 valence electrons. The minimum absolute atomic E-state index is 0.0128. The molecule has 0 radical (unpaired) electrons. The normalized spacial score (nSPS) is 11.7. The zero-order chi connectivity index (χ0) is 21.1. The summed E-state index contributed by atoms with van der Waals surface area (Å²) in [6.07, 6.45) is -1.18. The van der Waals surface area contributed by atoms with E-state index in [0.29, 0.717) is 11.1 Å². The average Bonchev–Trinajstić information content (AvgIpc) is 3.04. The third-order valence-electron chi connectivity index (χ3n) is 4.33. The number of carbonyl (C=O) groups is 2. The lowest BCUT2D eigenvalue weighted by Gasteiger charge is -2.14. The molecule has 1 heterocycles. The fourth-order valence-corrected chi connectivity index (χ4v) is 2.78. The summed E-state index contributed by atoms with van der Waals surface area (Å²) in [5.74, 6) is -1.22. The van der Waals surface area contributed by atoms with Crippen LogP contribution < -0.4 is 10.1 Å². The number of carbonyl (C=O) groups excluding carboxylic acids is 2. The van der Waals surface area contributed by atoms with Crippen molar-refractivity contribution < 1.29 is 28.4 Å². The van der Waals surface area contributed by atoms with Crippen molar-refractivity contribution in [3.63, 3.8) is 0 Å². The van der Waals surface area contributed by atoms with Crippen LogP contribution in [-0.4, -0.2) is 30.0 Å². The second-order valence-electron chi connectivity index (χ2n) is 6.23. The van der Waals surface area contributed by atoms with E-state index in [-0.39, 0.29) is 22.9 Å². The molecule has 2 aromatic carbocycles. The molecule has 1 atom stereocenters. The number of aryl methyl sites for hydroxylation is 1. The molecule has 0 aliphatic carbocycles. The van der Waals surface area contributed by atoms with E-state index in [1.54, 1.807) is 19.1 Å². The number of ether oxygens (including phenoxy) is 2. The van der Waals surface area contributed by atoms with Gasteiger partial charge in [-0.3, -0.25) is 14.9 Å². The van der Waals surface area contributed by atoms with Gasteiger partial charge in [0, 0.05) is 23.1 Å². The molecule has 0 fully saturated rings. The Labute approximate surface area is 165 Å². The van der Waals surface area contributed by atoms with E-state index in [0.717, 1.165) is 11.5 Å². The van der Waals surface area contributed by atoms with E-state index in [1.807, 2.05) is 12.1 Å². The van der Waals surface area contributed by atoms with E-state index < -0.39 is 22.9 Å². The molecule has 0 aliphatic heterocycles. The molecule has 1 amide bonds. The van der Waals surface area contributed by atoms with Crippen molar-refractivity contribution in [2.24, 2.45) is 0 Å². The number of non-ortho nitro benzene ring substituents is 1. The Kier molecular flexibility index (Phi) is 5.49. The molecule has 0 saturated heterocycles. The number of hydrogen-bond acceptors (Lipinski definition) is 7. The van der Waals surface area contributed by atoms with Gasteiger partial charge in [0.25, 0.3) is 11.6 Å². The number of nitrogens with one attached hydrogen (secondary N) is 1. The molecule has 0 spiro atoms. The summed E-state index contributed by atoms with van der Waals surface area (Å²) in [6.45, 7) is 3.11. The summed E-state index contributed by atoms with van der Waals surface area (Å²) in [4.78, 5) is 35.3. The summed E-state index contributed by atoms with van der Waals surface area (Å²) >= 11 is 0. The van der Waals surface area contributed by atoms with Crippen LogP contribution in [0, 0.1) is 17.0 Å². The van der Waals surface area contributed by atoms with Gasteiger partial charge in [-0.1, -0.05) is 18.2 Å². The van der Waals surface area contributed by atoms with Crippen molar-refractivity contribution in [3.8, 4) is 5.75 Å². The highest BCUT2D eigenvalue weighted by Gasteiger charge is 2.25. The van der Waals surface area contributed by atoms with Gasteiger partial charge in [-0.25, -0.2) is 4.79 Å². The van der Waals surface area contributed by atoms with E-state index >= 15 is 0 Å². The van der Waals surface area contributed by atoms with Crippen molar-refractivity contribution in [1.29, 1.82) is 0 Å². The van der Waals surface area contributed by atoms with E-state index in [1.165, 1.54) is 26.2 Å². The molecule has 9 nitrogen and oxygen atoms in total. The third kappa shape index (κ3) is 4.03. The number of nitro benzene ring substituents is 1. The van der Waals surface area contributed by atoms with Crippen LogP contribution >= 0.6 is 0 Å². The number of furan rings is 1. The highest BCUT2D eigenvalue weighted by molar-refractivity contribution is 6.00. The molecular weight excluding hydrogens is 380 g/mol. The zero-order valence-corrected chi connectivity index (χ0v) is 15.9. The maximum absolute atomic E-state index is 12.5. The average molecular weight is 398 g/mol. The van der Waals surface area contributed by atoms with Crippen LogP contribution in [-0.2, 0) is 9.53 Å². The second kappa shape index (κ2) is 8.01. The van der Waals surface area contributed by atoms with Crippen molar-refractivity contribution in [2.45, 2.75) is 20.0 Å². The predicted molar refractivity (Wildman–Crippen MR) is 104 cm³/mol. The van der Waals surface area contributed by atoms with Gasteiger partial charge in [-0.2, -0.15) is 0 Å². The van der Waals surface area contributed by atoms with Gasteiger partial charge >= 0.3 is 5.97 Å². The number of amides is 1. The summed E-state index contributed by atoms with van der Waals surface area (Å²) in [5, 5.41) is 14.2. The van der Waals surface area contributed by atoms with Crippen LogP contribution in [0.4, 0.5) is 11.4 Å². The van der Waals surface area contributed by atoms with Crippen molar-refractivity contribution in [1.82, 2.24) is 0 Å². The van der Waals surface area contributed by atoms with Gasteiger partial charge in [0.1, 0.15) is 11.3 Å². The Balaban J connectivity index is 1.75. The molecule has 9 heteroatoms. The maximum atomic E-state index is 12.5. The Morgan fingerprint density at radius 3 is 2.59 bits per heavy atom. The minimum Gasteiger partial charge on any atom is -0.495 e. The largest absolute Gasteiger partial charge is 0.495 e. The van der Waals surface area contributed by atoms with Gasteiger partial charge in [0.15, 0.2) is 6.10 Å². The van der Waals surface area contributed by atoms with Gasteiger partial charge in [0.2, 0.25) is 5.76 Å². The van der Waals surface area contributed by atoms with E-state index in [2.05, 4.69) is 5.32 Å². The summed E-state index contributed by atoms with van der Waals surface area (Å²) in [7, 11) is 1.37. The summed E-state index contributed by atoms with van der Waals surface area (Å²) < 4.78 is 15.8. The smallest absolute Gasteiger partial charge is 0.375 e. The highest BCUT2D eigenvalue weighted by Crippen LogP contribution is 2.29. The first-order chi connectivity index (χ1) is 13.8. The molecule has 0 unspecified atom stereocenters. The lowest BCUT2D eigenvalue weighted by Crippen LogP contribution is -2.30. The van der Waals surface area contributed by atoms with Crippen LogP contribution in [0.1, 0.15) is 23.0 Å². The van der Waals surface area contributed by atoms with Crippen LogP contribution in [0.5, 0.6) is 5.75 Å². The van der Waals surface area contributed by atoms with E-state index in [9.17, 15) is 19.7 Å². The second-order valence-corrected chi connectivity index (χ2v) is 6.23. The monoisotopic (exact) mass is 398 g/mol. The van der Waals surface area contributed by atoms with E-state index in [4.69, 9.17) is 13.9 Å². The standard InChI is InChI=1S/C20H18N2O7/c1-11-14-6-4-5-7-16(14)29-18(11)20(24)28-12(2)19(23)21-15-10-13(22(25)26)8-9-17(15)27-3/h4-10,12H,1-3H3,(H,21,23)/t12-/m0/s1. The van der Waals surface area contributed by atoms with Gasteiger partial charge in [0.05, 0.1) is 17.7 Å². The number of esters is 1. The first-order valence-electron chi connectivity index (χ1n) is 8.64. The molecule has 0 saturated carbocycles. The summed E-state index contributed by atoms with van der Waals surface area (Å²) in [6, 6.07) is 10.9. The number of para-hydroxylation sites is 1. The van der Waals surface area contributed by atoms with Crippen LogP contribution in [0.15, 0.2) is 46.9 Å². The fraction of sp³-hybridized carbons (Fsp3) is 0.200. The number of anilines is 1. The first kappa shape index (κ1) is 19.9. The molecular formula is C20H18N2O7. The van der Waals surface area contributed by atoms with Gasteiger partial charge in [-0.15, -0.1) is 0 Å². The molecule has 1 N–H and O–H groups in total. The number of nitrogens with zero attached hydrogens (tertiary/aromatic N) is 1. The van der Waals surface area contributed by atoms with Crippen molar-refractivity contribution >= 4 is 34.2 Å². The number of benzene rings is 2. The Morgan fingerprint density at radius 2 is 1.93 bits per heavy atom. The Hall–Kier alpha value is -3.88. The zero-order valence-electron chi connectivity index (χ0n) is 15.9. The molecule has 3 aromatic rings. The SMILES string of the molecule is COc1ccc([N+](=O)[O-])cc1NC(=O)[C@H](C)OC(=O)c1oc2ccccc2c1C. The van der Waals surface area contributed by atoms with Crippen LogP contribution in [0.3, 0.4) is 0 Å². The van der Waals surface area contributed by atoms with Crippen LogP contribution in [0.2, 0.25) is 0 Å². The maximum Gasteiger partial charge on any atom is 0.375 e.